The van der Waals surface area contributed by atoms with Gasteiger partial charge < -0.3 is 0 Å². The summed E-state index contributed by atoms with van der Waals surface area (Å²) >= 11 is 0. The van der Waals surface area contributed by atoms with Gasteiger partial charge in [0.15, 0.2) is 0 Å². The molecule has 0 spiro atoms. The molecule has 0 aromatic heterocycles. The molecular formula is C20H37O3PSi2. The van der Waals surface area contributed by atoms with E-state index in [1.807, 2.05) is 0 Å². The Morgan fingerprint density at radius 2 is 1.23 bits per heavy atom. The van der Waals surface area contributed by atoms with Crippen LogP contribution >= 0.6 is 7.94 Å². The Morgan fingerprint density at radius 1 is 0.769 bits per heavy atom. The molecule has 0 amide bonds. The molecule has 0 aliphatic rings. The molecule has 3 nitrogen and oxygen atoms in total. The van der Waals surface area contributed by atoms with Gasteiger partial charge in [0.25, 0.3) is 0 Å². The molecule has 0 unspecified atom stereocenters. The number of rotatable bonds is 11. The summed E-state index contributed by atoms with van der Waals surface area (Å²) in [7, 11) is -5.54. The molecule has 6 heteroatoms. The Kier molecular flexibility index (Phi) is 12.4. The second-order valence-corrected chi connectivity index (χ2v) is 20.3. The summed E-state index contributed by atoms with van der Waals surface area (Å²) in [6.45, 7) is 22.2. The van der Waals surface area contributed by atoms with Crippen LogP contribution in [0, 0.1) is 22.9 Å². The molecule has 0 heterocycles. The van der Waals surface area contributed by atoms with Crippen molar-refractivity contribution in [3.05, 3.63) is 25.3 Å². The Bertz CT molecular complexity index is 542. The van der Waals surface area contributed by atoms with E-state index in [4.69, 9.17) is 13.6 Å². The van der Waals surface area contributed by atoms with Gasteiger partial charge in [0.2, 0.25) is 0 Å². The van der Waals surface area contributed by atoms with Crippen LogP contribution in [0.3, 0.4) is 0 Å². The molecule has 0 radical (unpaired) electrons. The standard InChI is InChI=1S/C20H37O3PSi2/c1-9-15-21-24(22-16-10-2,18-12-14-20-26(6,7)8)23-17-11-13-19-25(3,4)5/h9-10,24H,1-2,11-12,15-18H2,3-8H3. The van der Waals surface area contributed by atoms with Gasteiger partial charge in [0.05, 0.1) is 0 Å². The molecule has 0 N–H and O–H groups in total. The van der Waals surface area contributed by atoms with Crippen molar-refractivity contribution in [2.75, 3.05) is 26.0 Å². The van der Waals surface area contributed by atoms with Gasteiger partial charge in [0, 0.05) is 0 Å². The number of hydrogen-bond donors (Lipinski definition) is 0. The van der Waals surface area contributed by atoms with Crippen LogP contribution in [0.5, 0.6) is 0 Å². The van der Waals surface area contributed by atoms with Gasteiger partial charge in [-0.25, -0.2) is 0 Å². The van der Waals surface area contributed by atoms with Gasteiger partial charge in [-0.05, 0) is 0 Å². The normalized spacial score (nSPS) is 12.4. The summed E-state index contributed by atoms with van der Waals surface area (Å²) < 4.78 is 18.1. The molecular weight excluding hydrogens is 375 g/mol. The monoisotopic (exact) mass is 412 g/mol. The zero-order valence-electron chi connectivity index (χ0n) is 17.5. The molecule has 0 aliphatic heterocycles. The van der Waals surface area contributed by atoms with E-state index in [0.29, 0.717) is 38.8 Å². The fourth-order valence-electron chi connectivity index (χ4n) is 1.84. The minimum atomic E-state index is -2.82. The summed E-state index contributed by atoms with van der Waals surface area (Å²) in [6, 6.07) is 0. The van der Waals surface area contributed by atoms with Crippen molar-refractivity contribution in [3.8, 4) is 22.9 Å². The van der Waals surface area contributed by atoms with Crippen LogP contribution in [0.25, 0.3) is 0 Å². The fourth-order valence-corrected chi connectivity index (χ4v) is 5.42. The molecule has 0 aromatic carbocycles. The van der Waals surface area contributed by atoms with Gasteiger partial charge in [-0.1, -0.05) is 0 Å². The van der Waals surface area contributed by atoms with Crippen LogP contribution < -0.4 is 0 Å². The molecule has 0 aromatic rings. The summed E-state index contributed by atoms with van der Waals surface area (Å²) in [5, 5.41) is 0. The van der Waals surface area contributed by atoms with E-state index < -0.39 is 24.1 Å². The van der Waals surface area contributed by atoms with Crippen molar-refractivity contribution in [1.82, 2.24) is 0 Å². The predicted octanol–water partition coefficient (Wildman–Crippen LogP) is 5.44. The van der Waals surface area contributed by atoms with Crippen LogP contribution in [0.4, 0.5) is 0 Å². The summed E-state index contributed by atoms with van der Waals surface area (Å²) in [5.41, 5.74) is 6.74. The fraction of sp³-hybridized carbons (Fsp3) is 0.600. The zero-order chi connectivity index (χ0) is 20.1. The van der Waals surface area contributed by atoms with Crippen molar-refractivity contribution >= 4 is 24.1 Å². The molecule has 0 saturated carbocycles. The van der Waals surface area contributed by atoms with E-state index in [1.54, 1.807) is 12.2 Å². The molecule has 0 fully saturated rings. The third-order valence-corrected chi connectivity index (χ3v) is 7.45. The average molecular weight is 413 g/mol. The van der Waals surface area contributed by atoms with Crippen molar-refractivity contribution < 1.29 is 13.6 Å². The van der Waals surface area contributed by atoms with Crippen LogP contribution in [-0.4, -0.2) is 42.1 Å². The van der Waals surface area contributed by atoms with Crippen LogP contribution in [-0.2, 0) is 13.6 Å². The molecule has 26 heavy (non-hydrogen) atoms. The van der Waals surface area contributed by atoms with Crippen LogP contribution in [0.15, 0.2) is 25.3 Å². The first kappa shape index (κ1) is 25.3. The van der Waals surface area contributed by atoms with E-state index in [-0.39, 0.29) is 0 Å². The second kappa shape index (κ2) is 12.7. The SMILES string of the molecule is C=CCO[PH](CCC#C[Si](C)(C)C)(OCC=C)OCCC#C[Si](C)(C)C. The van der Waals surface area contributed by atoms with E-state index in [2.05, 4.69) is 75.4 Å². The van der Waals surface area contributed by atoms with Crippen LogP contribution in [0.1, 0.15) is 12.8 Å². The molecule has 0 rings (SSSR count). The average Bonchev–Trinajstić information content (AvgIpc) is 2.52. The first-order valence-electron chi connectivity index (χ1n) is 9.17. The Balaban J connectivity index is 4.99. The minimum absolute atomic E-state index is 0.408. The maximum atomic E-state index is 6.14. The number of hydrogen-bond acceptors (Lipinski definition) is 3. The first-order valence-corrected chi connectivity index (χ1v) is 18.1. The summed E-state index contributed by atoms with van der Waals surface area (Å²) in [5.74, 6) is 6.52. The Hall–Kier alpha value is -0.656. The van der Waals surface area contributed by atoms with E-state index in [0.717, 1.165) is 0 Å². The topological polar surface area (TPSA) is 27.7 Å². The second-order valence-electron chi connectivity index (χ2n) is 8.08. The van der Waals surface area contributed by atoms with Crippen molar-refractivity contribution in [2.24, 2.45) is 0 Å². The maximum absolute atomic E-state index is 6.14. The van der Waals surface area contributed by atoms with Crippen molar-refractivity contribution in [3.63, 3.8) is 0 Å². The van der Waals surface area contributed by atoms with Gasteiger partial charge in [-0.15, -0.1) is 0 Å². The van der Waals surface area contributed by atoms with Crippen molar-refractivity contribution in [2.45, 2.75) is 52.1 Å². The van der Waals surface area contributed by atoms with Gasteiger partial charge >= 0.3 is 164 Å². The molecule has 0 saturated heterocycles. The quantitative estimate of drug-likeness (QED) is 0.149. The molecule has 148 valence electrons. The predicted molar refractivity (Wildman–Crippen MR) is 123 cm³/mol. The molecule has 0 bridgehead atoms. The zero-order valence-corrected chi connectivity index (χ0v) is 20.5. The van der Waals surface area contributed by atoms with Gasteiger partial charge in [-0.2, -0.15) is 0 Å². The van der Waals surface area contributed by atoms with Gasteiger partial charge in [0.1, 0.15) is 0 Å². The summed E-state index contributed by atoms with van der Waals surface area (Å²) in [6.07, 6.45) is 5.52. The Labute approximate surface area is 164 Å². The van der Waals surface area contributed by atoms with Crippen LogP contribution in [0.2, 0.25) is 39.3 Å². The van der Waals surface area contributed by atoms with E-state index in [1.165, 1.54) is 0 Å². The Morgan fingerprint density at radius 3 is 1.65 bits per heavy atom. The molecule has 0 atom stereocenters. The summed E-state index contributed by atoms with van der Waals surface area (Å²) in [4.78, 5) is 0. The van der Waals surface area contributed by atoms with Crippen molar-refractivity contribution in [1.29, 1.82) is 0 Å². The van der Waals surface area contributed by atoms with Gasteiger partial charge in [-0.3, -0.25) is 0 Å². The third kappa shape index (κ3) is 14.5. The first-order chi connectivity index (χ1) is 12.0. The molecule has 0 aliphatic carbocycles. The van der Waals surface area contributed by atoms with E-state index in [9.17, 15) is 0 Å². The third-order valence-electron chi connectivity index (χ3n) is 2.87. The van der Waals surface area contributed by atoms with E-state index >= 15 is 0 Å².